The minimum atomic E-state index is -5.51. The summed E-state index contributed by atoms with van der Waals surface area (Å²) >= 11 is 0. The number of anilines is 1. The number of rotatable bonds is 9. The van der Waals surface area contributed by atoms with Gasteiger partial charge >= 0.3 is 28.9 Å². The largest absolute Gasteiger partial charge is 0.488 e. The molecule has 14 nitrogen and oxygen atoms in total. The molecule has 29 heavy (non-hydrogen) atoms. The van der Waals surface area contributed by atoms with Gasteiger partial charge in [-0.1, -0.05) is 6.08 Å². The monoisotopic (exact) mass is 475 g/mol. The van der Waals surface area contributed by atoms with Crippen molar-refractivity contribution >= 4 is 29.1 Å². The summed E-state index contributed by atoms with van der Waals surface area (Å²) in [6.07, 6.45) is 1.66. The van der Waals surface area contributed by atoms with Crippen LogP contribution in [0.1, 0.15) is 25.5 Å². The predicted molar refractivity (Wildman–Crippen MR) is 98.5 cm³/mol. The lowest BCUT2D eigenvalue weighted by Gasteiger charge is -2.27. The van der Waals surface area contributed by atoms with Gasteiger partial charge in [0.1, 0.15) is 12.0 Å². The van der Waals surface area contributed by atoms with E-state index in [4.69, 9.17) is 20.3 Å². The lowest BCUT2D eigenvalue weighted by Crippen LogP contribution is -2.31. The van der Waals surface area contributed by atoms with Crippen molar-refractivity contribution in [3.63, 3.8) is 0 Å². The van der Waals surface area contributed by atoms with E-state index in [1.54, 1.807) is 0 Å². The number of aromatic nitrogens is 2. The van der Waals surface area contributed by atoms with Crippen LogP contribution in [0.4, 0.5) is 5.82 Å². The molecular weight excluding hydrogens is 455 g/mol. The second-order valence-corrected chi connectivity index (χ2v) is 11.1. The van der Waals surface area contributed by atoms with E-state index in [-0.39, 0.29) is 18.7 Å². The minimum Gasteiger partial charge on any atom is -0.383 e. The average molecular weight is 475 g/mol. The van der Waals surface area contributed by atoms with Crippen LogP contribution < -0.4 is 11.4 Å². The molecule has 2 rings (SSSR count). The molecule has 4 atom stereocenters. The Bertz CT molecular complexity index is 975. The van der Waals surface area contributed by atoms with Crippen LogP contribution in [-0.2, 0) is 27.1 Å². The van der Waals surface area contributed by atoms with Crippen molar-refractivity contribution in [1.82, 2.24) is 9.55 Å². The van der Waals surface area contributed by atoms with Gasteiger partial charge in [-0.05, 0) is 25.3 Å². The van der Waals surface area contributed by atoms with E-state index in [1.165, 1.54) is 22.9 Å². The third-order valence-corrected chi connectivity index (χ3v) is 8.29. The summed E-state index contributed by atoms with van der Waals surface area (Å²) in [5, 5.41) is 0. The summed E-state index contributed by atoms with van der Waals surface area (Å²) in [5.41, 5.74) is 3.61. The van der Waals surface area contributed by atoms with Crippen molar-refractivity contribution in [1.29, 1.82) is 0 Å². The normalized spacial score (nSPS) is 26.6. The smallest absolute Gasteiger partial charge is 0.383 e. The Morgan fingerprint density at radius 3 is 2.55 bits per heavy atom. The molecule has 0 radical (unpaired) electrons. The fourth-order valence-corrected chi connectivity index (χ4v) is 6.46. The first-order valence-electron chi connectivity index (χ1n) is 7.95. The van der Waals surface area contributed by atoms with Crippen molar-refractivity contribution in [2.75, 3.05) is 11.9 Å². The first-order chi connectivity index (χ1) is 13.2. The number of phosphoric acid groups is 2. The van der Waals surface area contributed by atoms with Gasteiger partial charge < -0.3 is 30.0 Å². The molecule has 1 aromatic rings. The molecule has 0 saturated carbocycles. The maximum absolute atomic E-state index is 12.1. The molecule has 1 saturated heterocycles. The summed E-state index contributed by atoms with van der Waals surface area (Å²) in [6, 6.07) is 1.40. The predicted octanol–water partition coefficient (Wildman–Crippen LogP) is 0.861. The third kappa shape index (κ3) is 6.94. The molecule has 164 valence electrons. The fourth-order valence-electron chi connectivity index (χ4n) is 2.72. The summed E-state index contributed by atoms with van der Waals surface area (Å²) in [7, 11) is -15.8. The average Bonchev–Trinajstić information content (AvgIpc) is 2.94. The second kappa shape index (κ2) is 8.52. The van der Waals surface area contributed by atoms with Crippen molar-refractivity contribution < 1.29 is 46.6 Å². The fraction of sp³-hybridized carbons (Fsp3) is 0.500. The molecule has 1 aromatic heterocycles. The Hall–Kier alpha value is -1.17. The molecule has 0 aromatic carbocycles. The molecule has 0 spiro atoms. The second-order valence-electron chi connectivity index (χ2n) is 6.16. The van der Waals surface area contributed by atoms with Crippen LogP contribution in [0.15, 0.2) is 29.7 Å². The van der Waals surface area contributed by atoms with Crippen molar-refractivity contribution in [3.05, 3.63) is 35.4 Å². The Labute approximate surface area is 164 Å². The molecular formula is C12H20N3O11P3. The number of nitrogens with zero attached hydrogens (tertiary/aromatic N) is 2. The first-order valence-corrected chi connectivity index (χ1v) is 12.7. The van der Waals surface area contributed by atoms with Crippen molar-refractivity contribution in [3.8, 4) is 0 Å². The highest BCUT2D eigenvalue weighted by Gasteiger charge is 2.43. The standard InChI is InChI=1S/C12H20N3O11P3/c1-2-12(5-3-10(24-12)15-7-4-9(13)14-11(15)16)6-8-27(17,18)25-29(22,23)26-28(19,20)21/h2,4,7,10H,1,3,5-6,8H2,(H,17,18)(H,22,23)(H2,13,14,16)(H2,19,20,21). The Kier molecular flexibility index (Phi) is 7.08. The van der Waals surface area contributed by atoms with E-state index in [9.17, 15) is 28.3 Å². The van der Waals surface area contributed by atoms with Crippen LogP contribution >= 0.6 is 23.2 Å². The summed E-state index contributed by atoms with van der Waals surface area (Å²) in [4.78, 5) is 51.6. The highest BCUT2D eigenvalue weighted by Crippen LogP contribution is 2.66. The van der Waals surface area contributed by atoms with Gasteiger partial charge in [-0.25, -0.2) is 18.2 Å². The van der Waals surface area contributed by atoms with Gasteiger partial charge in [0.15, 0.2) is 0 Å². The Balaban J connectivity index is 2.07. The molecule has 1 fully saturated rings. The zero-order valence-electron chi connectivity index (χ0n) is 14.8. The number of nitrogens with two attached hydrogens (primary N) is 1. The molecule has 0 bridgehead atoms. The van der Waals surface area contributed by atoms with E-state index >= 15 is 0 Å². The topological polar surface area (TPSA) is 221 Å². The molecule has 6 N–H and O–H groups in total. The Morgan fingerprint density at radius 1 is 1.34 bits per heavy atom. The lowest BCUT2D eigenvalue weighted by molar-refractivity contribution is -0.0468. The number of hydrogen-bond acceptors (Lipinski definition) is 9. The maximum Gasteiger partial charge on any atom is 0.488 e. The zero-order valence-corrected chi connectivity index (χ0v) is 17.5. The van der Waals surface area contributed by atoms with E-state index in [2.05, 4.69) is 20.2 Å². The lowest BCUT2D eigenvalue weighted by atomic mass is 9.97. The maximum atomic E-state index is 12.1. The molecule has 0 amide bonds. The molecule has 1 aliphatic rings. The van der Waals surface area contributed by atoms with Crippen molar-refractivity contribution in [2.45, 2.75) is 31.1 Å². The quantitative estimate of drug-likeness (QED) is 0.247. The van der Waals surface area contributed by atoms with Crippen LogP contribution in [-0.4, -0.2) is 40.9 Å². The first kappa shape index (κ1) is 24.1. The van der Waals surface area contributed by atoms with E-state index < -0.39 is 46.9 Å². The van der Waals surface area contributed by atoms with Gasteiger partial charge in [0.2, 0.25) is 0 Å². The van der Waals surface area contributed by atoms with Gasteiger partial charge in [0.25, 0.3) is 0 Å². The SMILES string of the molecule is C=CC1(CCP(=O)(O)OP(=O)(O)OP(=O)(O)O)CCC(n2ccc(N)nc2=O)O1. The number of ether oxygens (including phenoxy) is 1. The van der Waals surface area contributed by atoms with E-state index in [1.807, 2.05) is 0 Å². The third-order valence-electron chi connectivity index (χ3n) is 3.98. The summed E-state index contributed by atoms with van der Waals surface area (Å²) in [5.74, 6) is 0.0311. The summed E-state index contributed by atoms with van der Waals surface area (Å²) in [6.45, 7) is 3.61. The van der Waals surface area contributed by atoms with E-state index in [0.29, 0.717) is 6.42 Å². The van der Waals surface area contributed by atoms with Crippen LogP contribution in [0.3, 0.4) is 0 Å². The van der Waals surface area contributed by atoms with Gasteiger partial charge in [-0.3, -0.25) is 9.13 Å². The van der Waals surface area contributed by atoms with Crippen LogP contribution in [0.25, 0.3) is 0 Å². The van der Waals surface area contributed by atoms with Gasteiger partial charge in [-0.2, -0.15) is 9.29 Å². The van der Waals surface area contributed by atoms with Crippen LogP contribution in [0.5, 0.6) is 0 Å². The summed E-state index contributed by atoms with van der Waals surface area (Å²) < 4.78 is 48.7. The molecule has 2 heterocycles. The van der Waals surface area contributed by atoms with Crippen molar-refractivity contribution in [2.24, 2.45) is 0 Å². The highest BCUT2D eigenvalue weighted by molar-refractivity contribution is 7.68. The van der Waals surface area contributed by atoms with Gasteiger partial charge in [0.05, 0.1) is 11.8 Å². The number of hydrogen-bond donors (Lipinski definition) is 5. The zero-order chi connectivity index (χ0) is 22.1. The molecule has 1 aliphatic heterocycles. The molecule has 4 unspecified atom stereocenters. The van der Waals surface area contributed by atoms with Gasteiger partial charge in [0, 0.05) is 6.20 Å². The van der Waals surface area contributed by atoms with Gasteiger partial charge in [-0.15, -0.1) is 6.58 Å². The molecule has 0 aliphatic carbocycles. The van der Waals surface area contributed by atoms with Crippen LogP contribution in [0.2, 0.25) is 0 Å². The molecule has 17 heteroatoms. The Morgan fingerprint density at radius 2 is 2.00 bits per heavy atom. The highest BCUT2D eigenvalue weighted by atomic mass is 31.3. The van der Waals surface area contributed by atoms with Crippen LogP contribution in [0, 0.1) is 0 Å². The number of nitrogen functional groups attached to an aromatic ring is 1. The van der Waals surface area contributed by atoms with E-state index in [0.717, 1.165) is 0 Å². The minimum absolute atomic E-state index is 0.0311.